The third-order valence-corrected chi connectivity index (χ3v) is 5.52. The van der Waals surface area contributed by atoms with Gasteiger partial charge >= 0.3 is 0 Å². The summed E-state index contributed by atoms with van der Waals surface area (Å²) in [7, 11) is 1.51. The van der Waals surface area contributed by atoms with E-state index in [1.807, 2.05) is 6.92 Å². The number of benzene rings is 2. The predicted molar refractivity (Wildman–Crippen MR) is 108 cm³/mol. The van der Waals surface area contributed by atoms with Crippen molar-refractivity contribution in [3.63, 3.8) is 0 Å². The number of amides is 1. The molecule has 0 spiro atoms. The summed E-state index contributed by atoms with van der Waals surface area (Å²) < 4.78 is 33.3. The fourth-order valence-corrected chi connectivity index (χ4v) is 4.06. The quantitative estimate of drug-likeness (QED) is 0.338. The van der Waals surface area contributed by atoms with Crippen LogP contribution in [0.1, 0.15) is 40.9 Å². The topological polar surface area (TPSA) is 122 Å². The van der Waals surface area contributed by atoms with E-state index in [0.717, 1.165) is 0 Å². The molecule has 30 heavy (non-hydrogen) atoms. The highest BCUT2D eigenvalue weighted by Gasteiger charge is 2.38. The zero-order valence-corrected chi connectivity index (χ0v) is 17.3. The summed E-state index contributed by atoms with van der Waals surface area (Å²) in [5.74, 6) is 0.329. The van der Waals surface area contributed by atoms with Crippen molar-refractivity contribution < 1.29 is 28.0 Å². The van der Waals surface area contributed by atoms with Crippen LogP contribution in [0.3, 0.4) is 0 Å². The monoisotopic (exact) mass is 433 g/mol. The number of rotatable bonds is 9. The Kier molecular flexibility index (Phi) is 6.68. The van der Waals surface area contributed by atoms with E-state index in [-0.39, 0.29) is 30.0 Å². The molecule has 160 valence electrons. The lowest BCUT2D eigenvalue weighted by molar-refractivity contribution is -0.385. The lowest BCUT2D eigenvalue weighted by Crippen LogP contribution is -2.30. The Hall–Kier alpha value is -2.98. The van der Waals surface area contributed by atoms with Crippen molar-refractivity contribution in [1.82, 2.24) is 4.90 Å². The predicted octanol–water partition coefficient (Wildman–Crippen LogP) is 2.97. The minimum atomic E-state index is -2.30. The van der Waals surface area contributed by atoms with Crippen molar-refractivity contribution >= 4 is 22.7 Å². The van der Waals surface area contributed by atoms with Crippen molar-refractivity contribution in [3.8, 4) is 11.5 Å². The molecule has 0 N–H and O–H groups in total. The second-order valence-electron chi connectivity index (χ2n) is 6.66. The van der Waals surface area contributed by atoms with Crippen LogP contribution in [0.4, 0.5) is 5.69 Å². The number of ether oxygens (including phenoxy) is 2. The first-order chi connectivity index (χ1) is 14.4. The van der Waals surface area contributed by atoms with Gasteiger partial charge in [0.2, 0.25) is 0 Å². The Morgan fingerprint density at radius 2 is 2.03 bits per heavy atom. The summed E-state index contributed by atoms with van der Waals surface area (Å²) in [6.45, 7) is 2.38. The van der Waals surface area contributed by atoms with Gasteiger partial charge < -0.3 is 18.9 Å². The first-order valence-electron chi connectivity index (χ1n) is 9.31. The van der Waals surface area contributed by atoms with Gasteiger partial charge in [-0.1, -0.05) is 29.3 Å². The molecule has 0 radical (unpaired) electrons. The lowest BCUT2D eigenvalue weighted by Gasteiger charge is -2.29. The molecule has 0 fully saturated rings. The van der Waals surface area contributed by atoms with Crippen molar-refractivity contribution in [3.05, 3.63) is 63.2 Å². The summed E-state index contributed by atoms with van der Waals surface area (Å²) in [5, 5.41) is 11.4. The first-order valence-corrected chi connectivity index (χ1v) is 10.6. The van der Waals surface area contributed by atoms with Crippen LogP contribution in [0.25, 0.3) is 0 Å². The third-order valence-electron chi connectivity index (χ3n) is 4.95. The van der Waals surface area contributed by atoms with Gasteiger partial charge in [0.1, 0.15) is 5.56 Å². The molecular formula is C20H21N2O7S-. The van der Waals surface area contributed by atoms with E-state index in [0.29, 0.717) is 29.2 Å². The Morgan fingerprint density at radius 1 is 1.27 bits per heavy atom. The third kappa shape index (κ3) is 4.29. The van der Waals surface area contributed by atoms with Crippen LogP contribution in [0, 0.1) is 10.1 Å². The van der Waals surface area contributed by atoms with Gasteiger partial charge in [-0.05, 0) is 36.6 Å². The van der Waals surface area contributed by atoms with Gasteiger partial charge in [0.15, 0.2) is 11.5 Å². The second kappa shape index (κ2) is 9.23. The summed E-state index contributed by atoms with van der Waals surface area (Å²) >= 11 is -2.30. The van der Waals surface area contributed by atoms with Crippen LogP contribution in [0.2, 0.25) is 0 Å². The van der Waals surface area contributed by atoms with Crippen molar-refractivity contribution in [2.75, 3.05) is 19.5 Å². The highest BCUT2D eigenvalue weighted by molar-refractivity contribution is 7.79. The number of hydrogen-bond acceptors (Lipinski definition) is 7. The smallest absolute Gasteiger partial charge is 0.282 e. The van der Waals surface area contributed by atoms with Crippen LogP contribution in [0.5, 0.6) is 11.5 Å². The zero-order valence-electron chi connectivity index (χ0n) is 16.5. The number of nitro benzene ring substituents is 1. The fraction of sp³-hybridized carbons (Fsp3) is 0.350. The first kappa shape index (κ1) is 21.7. The highest BCUT2D eigenvalue weighted by atomic mass is 32.2. The summed E-state index contributed by atoms with van der Waals surface area (Å²) in [6.07, 6.45) is 0.140. The van der Waals surface area contributed by atoms with Crippen LogP contribution in [0.15, 0.2) is 36.4 Å². The molecule has 0 aromatic heterocycles. The van der Waals surface area contributed by atoms with E-state index in [9.17, 15) is 23.7 Å². The van der Waals surface area contributed by atoms with Crippen molar-refractivity contribution in [1.29, 1.82) is 0 Å². The van der Waals surface area contributed by atoms with Gasteiger partial charge in [0.05, 0.1) is 24.7 Å². The molecule has 1 aliphatic heterocycles. The molecule has 2 aromatic rings. The van der Waals surface area contributed by atoms with E-state index in [2.05, 4.69) is 0 Å². The second-order valence-corrected chi connectivity index (χ2v) is 7.67. The van der Waals surface area contributed by atoms with Gasteiger partial charge in [0.25, 0.3) is 11.6 Å². The Labute approximate surface area is 176 Å². The lowest BCUT2D eigenvalue weighted by atomic mass is 10.0. The van der Waals surface area contributed by atoms with Crippen molar-refractivity contribution in [2.24, 2.45) is 0 Å². The molecule has 3 rings (SSSR count). The molecule has 9 nitrogen and oxygen atoms in total. The van der Waals surface area contributed by atoms with Gasteiger partial charge in [-0.25, -0.2) is 0 Å². The molecule has 1 heterocycles. The Morgan fingerprint density at radius 3 is 2.67 bits per heavy atom. The number of carbonyl (C=O) groups is 1. The molecule has 0 saturated carbocycles. The molecule has 0 bridgehead atoms. The molecule has 1 amide bonds. The van der Waals surface area contributed by atoms with Gasteiger partial charge in [0, 0.05) is 18.4 Å². The fourth-order valence-electron chi connectivity index (χ4n) is 3.65. The van der Waals surface area contributed by atoms with E-state index in [4.69, 9.17) is 9.47 Å². The maximum absolute atomic E-state index is 13.1. The largest absolute Gasteiger partial charge is 0.772 e. The molecule has 2 atom stereocenters. The Balaban J connectivity index is 2.02. The van der Waals surface area contributed by atoms with Gasteiger partial charge in [-0.15, -0.1) is 0 Å². The maximum atomic E-state index is 13.1. The molecule has 2 aromatic carbocycles. The van der Waals surface area contributed by atoms with Crippen LogP contribution in [-0.2, 0) is 17.6 Å². The number of carbonyl (C=O) groups excluding carboxylic acids is 1. The summed E-state index contributed by atoms with van der Waals surface area (Å²) in [6, 6.07) is 9.04. The average Bonchev–Trinajstić information content (AvgIpc) is 3.05. The molecule has 0 aliphatic carbocycles. The summed E-state index contributed by atoms with van der Waals surface area (Å²) in [5.41, 5.74) is 1.000. The zero-order chi connectivity index (χ0) is 21.8. The number of nitro groups is 1. The van der Waals surface area contributed by atoms with E-state index in [1.54, 1.807) is 24.3 Å². The van der Waals surface area contributed by atoms with E-state index >= 15 is 0 Å². The normalized spacial score (nSPS) is 14.9. The number of hydrogen-bond donors (Lipinski definition) is 0. The van der Waals surface area contributed by atoms with E-state index in [1.165, 1.54) is 24.1 Å². The van der Waals surface area contributed by atoms with Crippen molar-refractivity contribution in [2.45, 2.75) is 25.9 Å². The highest BCUT2D eigenvalue weighted by Crippen LogP contribution is 2.39. The Bertz CT molecular complexity index is 995. The minimum Gasteiger partial charge on any atom is -0.772 e. The number of nitrogens with zero attached hydrogens (tertiary/aromatic N) is 2. The van der Waals surface area contributed by atoms with Crippen LogP contribution in [-0.4, -0.2) is 44.0 Å². The molecular weight excluding hydrogens is 412 g/mol. The summed E-state index contributed by atoms with van der Waals surface area (Å²) in [4.78, 5) is 25.4. The maximum Gasteiger partial charge on any atom is 0.282 e. The minimum absolute atomic E-state index is 0.0503. The number of methoxy groups -OCH3 is 1. The number of fused-ring (bicyclic) bond motifs is 1. The molecule has 10 heteroatoms. The SMILES string of the molecule is CCOc1cc(C(CCS(=O)[O-])N2Cc3cccc([N+](=O)[O-])c3C2=O)ccc1OC. The van der Waals surface area contributed by atoms with Crippen LogP contribution < -0.4 is 9.47 Å². The molecule has 2 unspecified atom stereocenters. The van der Waals surface area contributed by atoms with Gasteiger partial charge in [-0.2, -0.15) is 0 Å². The average molecular weight is 433 g/mol. The molecule has 1 aliphatic rings. The van der Waals surface area contributed by atoms with E-state index < -0.39 is 28.0 Å². The van der Waals surface area contributed by atoms with Crippen LogP contribution >= 0.6 is 0 Å². The van der Waals surface area contributed by atoms with Gasteiger partial charge in [-0.3, -0.25) is 19.1 Å². The molecule has 0 saturated heterocycles. The standard InChI is InChI=1S/C20H22N2O7S/c1-3-29-18-11-13(7-8-17(18)28-2)15(9-10-30(26)27)21-12-14-5-4-6-16(22(24)25)19(14)20(21)23/h4-8,11,15H,3,9-10,12H2,1-2H3,(H,26,27)/p-1.